The molecule has 3 rings (SSSR count). The number of allylic oxidation sites excluding steroid dienone is 1. The van der Waals surface area contributed by atoms with Crippen LogP contribution in [0.5, 0.6) is 23.0 Å². The van der Waals surface area contributed by atoms with E-state index in [1.54, 1.807) is 0 Å². The molecule has 0 bridgehead atoms. The Morgan fingerprint density at radius 1 is 0.906 bits per heavy atom. The normalized spacial score (nSPS) is 25.5. The number of hydrogen-bond donors (Lipinski definition) is 7. The lowest BCUT2D eigenvalue weighted by Crippen LogP contribution is -2.61. The lowest BCUT2D eigenvalue weighted by Gasteiger charge is -2.38. The smallest absolute Gasteiger partial charge is 0.335 e. The zero-order valence-electron chi connectivity index (χ0n) is 16.3. The molecule has 1 heterocycles. The highest BCUT2D eigenvalue weighted by atomic mass is 16.7. The van der Waals surface area contributed by atoms with Gasteiger partial charge in [-0.05, 0) is 23.8 Å². The second-order valence-electron chi connectivity index (χ2n) is 6.98. The van der Waals surface area contributed by atoms with Crippen molar-refractivity contribution in [2.75, 3.05) is 0 Å². The van der Waals surface area contributed by atoms with Gasteiger partial charge in [0, 0.05) is 12.1 Å². The second-order valence-corrected chi connectivity index (χ2v) is 6.98. The van der Waals surface area contributed by atoms with E-state index in [2.05, 4.69) is 0 Å². The summed E-state index contributed by atoms with van der Waals surface area (Å²) in [5.41, 5.74) is 0.128. The van der Waals surface area contributed by atoms with Crippen LogP contribution in [0.3, 0.4) is 0 Å². The van der Waals surface area contributed by atoms with Crippen LogP contribution in [-0.2, 0) is 9.53 Å². The number of aliphatic hydroxyl groups excluding tert-OH is 3. The van der Waals surface area contributed by atoms with Crippen LogP contribution in [-0.4, -0.2) is 78.2 Å². The molecule has 0 spiro atoms. The van der Waals surface area contributed by atoms with E-state index >= 15 is 0 Å². The fourth-order valence-corrected chi connectivity index (χ4v) is 3.05. The predicted molar refractivity (Wildman–Crippen MR) is 106 cm³/mol. The molecule has 11 heteroatoms. The van der Waals surface area contributed by atoms with E-state index in [0.717, 1.165) is 18.2 Å². The minimum Gasteiger partial charge on any atom is -0.508 e. The molecule has 1 aliphatic rings. The van der Waals surface area contributed by atoms with Crippen molar-refractivity contribution in [1.82, 2.24) is 0 Å². The average molecular weight is 448 g/mol. The number of ketones is 1. The number of carbonyl (C=O) groups is 2. The van der Waals surface area contributed by atoms with Crippen LogP contribution >= 0.6 is 0 Å². The van der Waals surface area contributed by atoms with Crippen LogP contribution in [0.15, 0.2) is 42.5 Å². The van der Waals surface area contributed by atoms with Gasteiger partial charge in [0.15, 0.2) is 11.9 Å². The van der Waals surface area contributed by atoms with E-state index in [9.17, 15) is 40.2 Å². The number of rotatable bonds is 6. The van der Waals surface area contributed by atoms with Gasteiger partial charge in [0.25, 0.3) is 0 Å². The van der Waals surface area contributed by atoms with Crippen molar-refractivity contribution in [2.45, 2.75) is 30.7 Å². The first-order valence-electron chi connectivity index (χ1n) is 9.25. The number of aromatic hydroxyl groups is 3. The highest BCUT2D eigenvalue weighted by molar-refractivity contribution is 6.10. The predicted octanol–water partition coefficient (Wildman–Crippen LogP) is -0.0295. The molecule has 0 aliphatic carbocycles. The standard InChI is InChI=1S/C21H20O11/c22-10-7-13(24)15(14(25)8-10)12(23)6-3-9-1-4-11(5-2-9)31-21-18(28)16(26)17(27)19(32-21)20(29)30/h1-8,16-19,21-22,24-28H,(H,29,30). The summed E-state index contributed by atoms with van der Waals surface area (Å²) in [6.07, 6.45) is -6.22. The summed E-state index contributed by atoms with van der Waals surface area (Å²) in [5.74, 6) is -3.68. The first-order chi connectivity index (χ1) is 15.1. The van der Waals surface area contributed by atoms with Crippen LogP contribution in [0.2, 0.25) is 0 Å². The second kappa shape index (κ2) is 9.24. The number of carboxylic acids is 1. The number of phenolic OH excluding ortho intramolecular Hbond substituents is 3. The van der Waals surface area contributed by atoms with E-state index in [4.69, 9.17) is 14.6 Å². The third-order valence-electron chi connectivity index (χ3n) is 4.70. The van der Waals surface area contributed by atoms with Gasteiger partial charge in [-0.2, -0.15) is 0 Å². The van der Waals surface area contributed by atoms with Crippen molar-refractivity contribution < 1.29 is 54.8 Å². The average Bonchev–Trinajstić information content (AvgIpc) is 2.72. The van der Waals surface area contributed by atoms with Gasteiger partial charge >= 0.3 is 5.97 Å². The lowest BCUT2D eigenvalue weighted by molar-refractivity contribution is -0.271. The van der Waals surface area contributed by atoms with Crippen molar-refractivity contribution in [2.24, 2.45) is 0 Å². The van der Waals surface area contributed by atoms with Crippen LogP contribution in [0, 0.1) is 0 Å². The van der Waals surface area contributed by atoms with E-state index in [0.29, 0.717) is 5.56 Å². The number of carbonyl (C=O) groups excluding carboxylic acids is 1. The highest BCUT2D eigenvalue weighted by Gasteiger charge is 2.48. The van der Waals surface area contributed by atoms with Gasteiger partial charge in [0.2, 0.25) is 6.29 Å². The van der Waals surface area contributed by atoms with Crippen molar-refractivity contribution >= 4 is 17.8 Å². The zero-order chi connectivity index (χ0) is 23.6. The number of benzene rings is 2. The van der Waals surface area contributed by atoms with Gasteiger partial charge in [0.05, 0.1) is 0 Å². The molecule has 0 saturated carbocycles. The Kier molecular flexibility index (Phi) is 6.65. The molecule has 32 heavy (non-hydrogen) atoms. The van der Waals surface area contributed by atoms with Crippen LogP contribution in [0.1, 0.15) is 15.9 Å². The van der Waals surface area contributed by atoms with Gasteiger partial charge in [-0.15, -0.1) is 0 Å². The fourth-order valence-electron chi connectivity index (χ4n) is 3.05. The minimum absolute atomic E-state index is 0.138. The summed E-state index contributed by atoms with van der Waals surface area (Å²) in [6, 6.07) is 7.68. The van der Waals surface area contributed by atoms with Crippen LogP contribution in [0.25, 0.3) is 6.08 Å². The van der Waals surface area contributed by atoms with Crippen molar-refractivity contribution in [3.05, 3.63) is 53.6 Å². The van der Waals surface area contributed by atoms with E-state index < -0.39 is 59.7 Å². The zero-order valence-corrected chi connectivity index (χ0v) is 16.3. The maximum absolute atomic E-state index is 12.2. The number of carboxylic acid groups (broad SMARTS) is 1. The quantitative estimate of drug-likeness (QED) is 0.232. The maximum Gasteiger partial charge on any atom is 0.335 e. The molecular weight excluding hydrogens is 428 g/mol. The molecule has 5 atom stereocenters. The molecule has 1 fully saturated rings. The Hall–Kier alpha value is -3.64. The summed E-state index contributed by atoms with van der Waals surface area (Å²) in [5, 5.41) is 67.3. The summed E-state index contributed by atoms with van der Waals surface area (Å²) >= 11 is 0. The van der Waals surface area contributed by atoms with E-state index in [-0.39, 0.29) is 11.3 Å². The van der Waals surface area contributed by atoms with Gasteiger partial charge in [-0.25, -0.2) is 4.79 Å². The summed E-state index contributed by atoms with van der Waals surface area (Å²) in [4.78, 5) is 23.4. The molecule has 7 N–H and O–H groups in total. The monoisotopic (exact) mass is 448 g/mol. The first kappa shape index (κ1) is 23.0. The van der Waals surface area contributed by atoms with Gasteiger partial charge < -0.3 is 45.2 Å². The Morgan fingerprint density at radius 2 is 1.50 bits per heavy atom. The highest BCUT2D eigenvalue weighted by Crippen LogP contribution is 2.32. The summed E-state index contributed by atoms with van der Waals surface area (Å²) < 4.78 is 10.4. The molecule has 2 aromatic rings. The molecule has 1 aliphatic heterocycles. The van der Waals surface area contributed by atoms with Crippen molar-refractivity contribution in [1.29, 1.82) is 0 Å². The maximum atomic E-state index is 12.2. The Morgan fingerprint density at radius 3 is 2.06 bits per heavy atom. The van der Waals surface area contributed by atoms with Gasteiger partial charge in [-0.3, -0.25) is 4.79 Å². The third kappa shape index (κ3) is 4.81. The molecule has 2 aromatic carbocycles. The lowest BCUT2D eigenvalue weighted by atomic mass is 9.99. The Bertz CT molecular complexity index is 1010. The molecular formula is C21H20O11. The van der Waals surface area contributed by atoms with Crippen molar-refractivity contribution in [3.63, 3.8) is 0 Å². The van der Waals surface area contributed by atoms with Crippen molar-refractivity contribution in [3.8, 4) is 23.0 Å². The van der Waals surface area contributed by atoms with E-state index in [1.165, 1.54) is 30.3 Å². The Balaban J connectivity index is 1.69. The van der Waals surface area contributed by atoms with Crippen LogP contribution < -0.4 is 4.74 Å². The number of ether oxygens (including phenoxy) is 2. The number of aliphatic hydroxyl groups is 3. The topological polar surface area (TPSA) is 194 Å². The van der Waals surface area contributed by atoms with Crippen LogP contribution in [0.4, 0.5) is 0 Å². The number of aliphatic carboxylic acids is 1. The fraction of sp³-hybridized carbons (Fsp3) is 0.238. The minimum atomic E-state index is -1.83. The molecule has 0 amide bonds. The van der Waals surface area contributed by atoms with Gasteiger partial charge in [0.1, 0.15) is 46.9 Å². The first-order valence-corrected chi connectivity index (χ1v) is 9.25. The molecule has 0 radical (unpaired) electrons. The number of hydrogen-bond acceptors (Lipinski definition) is 10. The SMILES string of the molecule is O=C(C=Cc1ccc(OC2OC(C(=O)O)C(O)C(O)C2O)cc1)c1c(O)cc(O)cc1O. The van der Waals surface area contributed by atoms with E-state index in [1.807, 2.05) is 0 Å². The largest absolute Gasteiger partial charge is 0.508 e. The molecule has 170 valence electrons. The summed E-state index contributed by atoms with van der Waals surface area (Å²) in [6.45, 7) is 0. The molecule has 0 aromatic heterocycles. The molecule has 11 nitrogen and oxygen atoms in total. The molecule has 5 unspecified atom stereocenters. The number of phenols is 3. The molecule has 1 saturated heterocycles. The van der Waals surface area contributed by atoms with Gasteiger partial charge in [-0.1, -0.05) is 18.2 Å². The summed E-state index contributed by atoms with van der Waals surface area (Å²) in [7, 11) is 0. The Labute approximate surface area is 180 Å². The third-order valence-corrected chi connectivity index (χ3v) is 4.70.